The van der Waals surface area contributed by atoms with Crippen LogP contribution in [-0.2, 0) is 0 Å². The Morgan fingerprint density at radius 3 is 1.97 bits per heavy atom. The summed E-state index contributed by atoms with van der Waals surface area (Å²) in [5.74, 6) is 12.9. The number of hydrogen-bond acceptors (Lipinski definition) is 0. The van der Waals surface area contributed by atoms with Crippen molar-refractivity contribution in [1.82, 2.24) is 0 Å². The topological polar surface area (TPSA) is 0 Å². The first-order valence-electron chi connectivity index (χ1n) is 18.5. The number of rotatable bonds is 8. The predicted molar refractivity (Wildman–Crippen MR) is 168 cm³/mol. The molecule has 0 saturated heterocycles. The van der Waals surface area contributed by atoms with Crippen LogP contribution in [-0.4, -0.2) is 0 Å². The Morgan fingerprint density at radius 2 is 1.29 bits per heavy atom. The first-order chi connectivity index (χ1) is 18.5. The highest BCUT2D eigenvalue weighted by molar-refractivity contribution is 4.98. The predicted octanol–water partition coefficient (Wildman–Crippen LogP) is 12.4. The van der Waals surface area contributed by atoms with E-state index in [0.717, 1.165) is 71.0 Å². The summed E-state index contributed by atoms with van der Waals surface area (Å²) in [6, 6.07) is 0. The Morgan fingerprint density at radius 1 is 0.553 bits per heavy atom. The standard InChI is InChI=1S/C22H40.C16H30/c1-4-6-12-19-16(3)15-18-11-9-14-21(18)22(19)20-13-8-7-10-17(20)5-2;1-4-13-7-9-16(14(5-2)11-13)15-8-6-12(3)10-15/h16-22H,4-15H2,1-3H3;12-16H,4-11H2,1-3H3. The minimum absolute atomic E-state index is 1.01. The molecule has 222 valence electrons. The Kier molecular flexibility index (Phi) is 12.5. The maximum absolute atomic E-state index is 2.62. The molecule has 5 saturated carbocycles. The molecule has 38 heavy (non-hydrogen) atoms. The van der Waals surface area contributed by atoms with Gasteiger partial charge in [0.2, 0.25) is 0 Å². The lowest BCUT2D eigenvalue weighted by atomic mass is 9.54. The molecule has 0 spiro atoms. The second-order valence-corrected chi connectivity index (χ2v) is 15.7. The summed E-state index contributed by atoms with van der Waals surface area (Å²) in [6.45, 7) is 14.7. The van der Waals surface area contributed by atoms with E-state index >= 15 is 0 Å². The van der Waals surface area contributed by atoms with Gasteiger partial charge in [0.05, 0.1) is 0 Å². The van der Waals surface area contributed by atoms with E-state index in [1.807, 2.05) is 0 Å². The number of hydrogen-bond donors (Lipinski definition) is 0. The van der Waals surface area contributed by atoms with Gasteiger partial charge in [0, 0.05) is 0 Å². The van der Waals surface area contributed by atoms with Crippen LogP contribution in [0.25, 0.3) is 0 Å². The first-order valence-corrected chi connectivity index (χ1v) is 18.5. The fraction of sp³-hybridized carbons (Fsp3) is 1.00. The van der Waals surface area contributed by atoms with E-state index in [1.165, 1.54) is 64.2 Å². The van der Waals surface area contributed by atoms with E-state index in [4.69, 9.17) is 0 Å². The zero-order valence-electron chi connectivity index (χ0n) is 27.1. The van der Waals surface area contributed by atoms with Crippen molar-refractivity contribution in [3.63, 3.8) is 0 Å². The maximum Gasteiger partial charge on any atom is -0.0321 e. The molecular formula is C38H70. The summed E-state index contributed by atoms with van der Waals surface area (Å²) >= 11 is 0. The van der Waals surface area contributed by atoms with Crippen molar-refractivity contribution >= 4 is 0 Å². The van der Waals surface area contributed by atoms with Crippen LogP contribution in [0.2, 0.25) is 0 Å². The third-order valence-electron chi connectivity index (χ3n) is 13.6. The van der Waals surface area contributed by atoms with Gasteiger partial charge in [-0.2, -0.15) is 0 Å². The lowest BCUT2D eigenvalue weighted by Crippen LogP contribution is -2.44. The Balaban J connectivity index is 0.000000186. The van der Waals surface area contributed by atoms with E-state index in [-0.39, 0.29) is 0 Å². The molecule has 0 aromatic rings. The van der Waals surface area contributed by atoms with Gasteiger partial charge in [-0.1, -0.05) is 119 Å². The van der Waals surface area contributed by atoms with Crippen molar-refractivity contribution in [2.24, 2.45) is 71.0 Å². The minimum atomic E-state index is 1.01. The molecule has 12 unspecified atom stereocenters. The van der Waals surface area contributed by atoms with E-state index in [1.54, 1.807) is 64.2 Å². The molecule has 0 aliphatic heterocycles. The minimum Gasteiger partial charge on any atom is -0.0654 e. The fourth-order valence-corrected chi connectivity index (χ4v) is 11.5. The average molecular weight is 527 g/mol. The van der Waals surface area contributed by atoms with Crippen molar-refractivity contribution < 1.29 is 0 Å². The number of unbranched alkanes of at least 4 members (excludes halogenated alkanes) is 1. The SMILES string of the molecule is CCC1CCC(C2CCC(C)C2)C(CC)C1.CCCCC1C(C)CC2CCCC2C1C1CCCCC1CC. The van der Waals surface area contributed by atoms with Gasteiger partial charge in [-0.3, -0.25) is 0 Å². The summed E-state index contributed by atoms with van der Waals surface area (Å²) in [4.78, 5) is 0. The zero-order chi connectivity index (χ0) is 27.1. The van der Waals surface area contributed by atoms with Crippen LogP contribution in [0.15, 0.2) is 0 Å². The Hall–Kier alpha value is 0. The van der Waals surface area contributed by atoms with Gasteiger partial charge in [-0.15, -0.1) is 0 Å². The third-order valence-corrected chi connectivity index (χ3v) is 13.6. The molecule has 0 nitrogen and oxygen atoms in total. The quantitative estimate of drug-likeness (QED) is 0.295. The molecule has 5 rings (SSSR count). The average Bonchev–Trinajstić information content (AvgIpc) is 3.60. The van der Waals surface area contributed by atoms with Gasteiger partial charge in [-0.25, -0.2) is 0 Å². The summed E-state index contributed by atoms with van der Waals surface area (Å²) in [5, 5.41) is 0. The normalized spacial score (nSPS) is 45.3. The molecule has 0 aromatic heterocycles. The highest BCUT2D eigenvalue weighted by Gasteiger charge is 2.48. The van der Waals surface area contributed by atoms with E-state index in [2.05, 4.69) is 41.5 Å². The molecule has 0 N–H and O–H groups in total. The molecule has 0 amide bonds. The van der Waals surface area contributed by atoms with Crippen molar-refractivity contribution in [2.75, 3.05) is 0 Å². The molecule has 0 aromatic carbocycles. The van der Waals surface area contributed by atoms with Crippen molar-refractivity contribution in [2.45, 2.75) is 170 Å². The second kappa shape index (κ2) is 15.3. The van der Waals surface area contributed by atoms with Crippen LogP contribution in [0, 0.1) is 71.0 Å². The van der Waals surface area contributed by atoms with E-state index in [9.17, 15) is 0 Å². The monoisotopic (exact) mass is 527 g/mol. The molecule has 0 heteroatoms. The molecule has 5 aliphatic rings. The van der Waals surface area contributed by atoms with Crippen LogP contribution in [0.1, 0.15) is 170 Å². The molecule has 0 bridgehead atoms. The van der Waals surface area contributed by atoms with Crippen LogP contribution < -0.4 is 0 Å². The maximum atomic E-state index is 2.62. The molecule has 5 aliphatic carbocycles. The third kappa shape index (κ3) is 7.44. The molecular weight excluding hydrogens is 456 g/mol. The van der Waals surface area contributed by atoms with Gasteiger partial charge in [0.1, 0.15) is 0 Å². The van der Waals surface area contributed by atoms with Crippen LogP contribution in [0.5, 0.6) is 0 Å². The summed E-state index contributed by atoms with van der Waals surface area (Å²) in [5.41, 5.74) is 0. The molecule has 0 radical (unpaired) electrons. The van der Waals surface area contributed by atoms with Crippen molar-refractivity contribution in [3.8, 4) is 0 Å². The fourth-order valence-electron chi connectivity index (χ4n) is 11.5. The second-order valence-electron chi connectivity index (χ2n) is 15.7. The largest absolute Gasteiger partial charge is 0.0654 e. The molecule has 5 fully saturated rings. The van der Waals surface area contributed by atoms with Crippen molar-refractivity contribution in [1.29, 1.82) is 0 Å². The number of fused-ring (bicyclic) bond motifs is 1. The Labute approximate surface area is 240 Å². The summed E-state index contributed by atoms with van der Waals surface area (Å²) < 4.78 is 0. The lowest BCUT2D eigenvalue weighted by molar-refractivity contribution is -0.0197. The lowest BCUT2D eigenvalue weighted by Gasteiger charge is -2.51. The van der Waals surface area contributed by atoms with E-state index in [0.29, 0.717) is 0 Å². The van der Waals surface area contributed by atoms with Gasteiger partial charge in [0.15, 0.2) is 0 Å². The molecule has 0 heterocycles. The van der Waals surface area contributed by atoms with Crippen LogP contribution >= 0.6 is 0 Å². The van der Waals surface area contributed by atoms with E-state index < -0.39 is 0 Å². The van der Waals surface area contributed by atoms with Gasteiger partial charge in [0.25, 0.3) is 0 Å². The Bertz CT molecular complexity index is 650. The summed E-state index contributed by atoms with van der Waals surface area (Å²) in [7, 11) is 0. The summed E-state index contributed by atoms with van der Waals surface area (Å²) in [6.07, 6.45) is 30.4. The van der Waals surface area contributed by atoms with Crippen LogP contribution in [0.4, 0.5) is 0 Å². The highest BCUT2D eigenvalue weighted by Crippen LogP contribution is 2.57. The highest BCUT2D eigenvalue weighted by atomic mass is 14.5. The molecule has 12 atom stereocenters. The zero-order valence-corrected chi connectivity index (χ0v) is 27.1. The van der Waals surface area contributed by atoms with Gasteiger partial charge >= 0.3 is 0 Å². The van der Waals surface area contributed by atoms with Crippen molar-refractivity contribution in [3.05, 3.63) is 0 Å². The van der Waals surface area contributed by atoms with Crippen LogP contribution in [0.3, 0.4) is 0 Å². The first kappa shape index (κ1) is 30.9. The van der Waals surface area contributed by atoms with Gasteiger partial charge < -0.3 is 0 Å². The van der Waals surface area contributed by atoms with Gasteiger partial charge in [-0.05, 0) is 122 Å². The smallest absolute Gasteiger partial charge is 0.0321 e.